The third kappa shape index (κ3) is 2.25. The molecule has 1 aliphatic rings. The van der Waals surface area contributed by atoms with Crippen LogP contribution >= 0.6 is 11.6 Å². The van der Waals surface area contributed by atoms with Crippen molar-refractivity contribution in [2.45, 2.75) is 18.9 Å². The molecule has 0 aromatic heterocycles. The summed E-state index contributed by atoms with van der Waals surface area (Å²) in [5.74, 6) is 0.218. The van der Waals surface area contributed by atoms with E-state index in [4.69, 9.17) is 16.4 Å². The Labute approximate surface area is 122 Å². The number of benzene rings is 2. The average Bonchev–Trinajstić information content (AvgIpc) is 2.83. The van der Waals surface area contributed by atoms with Crippen LogP contribution in [0.25, 0.3) is 0 Å². The van der Waals surface area contributed by atoms with Gasteiger partial charge >= 0.3 is 0 Å². The molecule has 1 aliphatic heterocycles. The highest BCUT2D eigenvalue weighted by molar-refractivity contribution is 6.30. The highest BCUT2D eigenvalue weighted by atomic mass is 35.5. The normalized spacial score (nSPS) is 21.4. The van der Waals surface area contributed by atoms with E-state index < -0.39 is 5.60 Å². The van der Waals surface area contributed by atoms with Crippen LogP contribution in [0.1, 0.15) is 24.5 Å². The topological polar surface area (TPSA) is 41.8 Å². The van der Waals surface area contributed by atoms with Crippen molar-refractivity contribution in [2.75, 3.05) is 0 Å². The predicted molar refractivity (Wildman–Crippen MR) is 79.1 cm³/mol. The Bertz CT molecular complexity index is 666. The van der Waals surface area contributed by atoms with Gasteiger partial charge < -0.3 is 9.94 Å². The Morgan fingerprint density at radius 3 is 2.55 bits per heavy atom. The van der Waals surface area contributed by atoms with Crippen LogP contribution in [0.3, 0.4) is 0 Å². The monoisotopic (exact) mass is 287 g/mol. The number of nitrogens with zero attached hydrogens (tertiary/aromatic N) is 1. The molecule has 1 heterocycles. The van der Waals surface area contributed by atoms with Crippen LogP contribution in [0.15, 0.2) is 53.7 Å². The van der Waals surface area contributed by atoms with Crippen LogP contribution < -0.4 is 0 Å². The number of rotatable bonds is 2. The molecule has 1 atom stereocenters. The molecule has 0 saturated heterocycles. The van der Waals surface area contributed by atoms with Gasteiger partial charge in [0, 0.05) is 17.0 Å². The van der Waals surface area contributed by atoms with E-state index >= 15 is 0 Å². The molecule has 0 spiro atoms. The summed E-state index contributed by atoms with van der Waals surface area (Å²) in [6, 6.07) is 14.7. The van der Waals surface area contributed by atoms with Crippen LogP contribution in [0.5, 0.6) is 5.75 Å². The minimum absolute atomic E-state index is 0.218. The van der Waals surface area contributed by atoms with Crippen molar-refractivity contribution in [3.8, 4) is 5.75 Å². The van der Waals surface area contributed by atoms with E-state index in [2.05, 4.69) is 5.16 Å². The molecule has 4 heteroatoms. The highest BCUT2D eigenvalue weighted by Gasteiger charge is 2.37. The molecule has 0 fully saturated rings. The fourth-order valence-corrected chi connectivity index (χ4v) is 2.49. The van der Waals surface area contributed by atoms with Gasteiger partial charge in [0.1, 0.15) is 5.75 Å². The summed E-state index contributed by atoms with van der Waals surface area (Å²) in [4.78, 5) is 5.62. The number of oxime groups is 1. The minimum Gasteiger partial charge on any atom is -0.507 e. The fourth-order valence-electron chi connectivity index (χ4n) is 2.36. The number of hydrogen-bond donors (Lipinski definition) is 1. The molecule has 102 valence electrons. The second-order valence-corrected chi connectivity index (χ2v) is 5.50. The van der Waals surface area contributed by atoms with Gasteiger partial charge in [0.25, 0.3) is 0 Å². The van der Waals surface area contributed by atoms with Gasteiger partial charge in [-0.1, -0.05) is 41.0 Å². The molecule has 3 rings (SSSR count). The second-order valence-electron chi connectivity index (χ2n) is 5.06. The van der Waals surface area contributed by atoms with E-state index in [1.54, 1.807) is 12.1 Å². The molecule has 0 amide bonds. The highest BCUT2D eigenvalue weighted by Crippen LogP contribution is 2.37. The zero-order valence-electron chi connectivity index (χ0n) is 11.0. The largest absolute Gasteiger partial charge is 0.507 e. The fraction of sp³-hybridized carbons (Fsp3) is 0.188. The lowest BCUT2D eigenvalue weighted by atomic mass is 9.89. The van der Waals surface area contributed by atoms with Gasteiger partial charge in [-0.15, -0.1) is 0 Å². The number of hydrogen-bond acceptors (Lipinski definition) is 3. The summed E-state index contributed by atoms with van der Waals surface area (Å²) in [6.45, 7) is 1.98. The van der Waals surface area contributed by atoms with E-state index in [1.165, 1.54) is 0 Å². The van der Waals surface area contributed by atoms with Crippen molar-refractivity contribution in [2.24, 2.45) is 5.16 Å². The van der Waals surface area contributed by atoms with Crippen LogP contribution in [0.2, 0.25) is 5.02 Å². The van der Waals surface area contributed by atoms with Gasteiger partial charge in [-0.05, 0) is 36.8 Å². The van der Waals surface area contributed by atoms with Gasteiger partial charge in [0.15, 0.2) is 5.60 Å². The predicted octanol–water partition coefficient (Wildman–Crippen LogP) is 4.09. The lowest BCUT2D eigenvalue weighted by molar-refractivity contribution is -0.00738. The molecule has 0 saturated carbocycles. The third-order valence-corrected chi connectivity index (χ3v) is 3.78. The van der Waals surface area contributed by atoms with Crippen molar-refractivity contribution in [3.63, 3.8) is 0 Å². The standard InChI is InChI=1S/C16H14ClNO2/c1-16(11-6-8-12(17)9-7-11)10-14(18-20-16)13-4-2-3-5-15(13)19/h2-9,19H,10H2,1H3. The van der Waals surface area contributed by atoms with Crippen LogP contribution in [-0.2, 0) is 10.4 Å². The second kappa shape index (κ2) is 4.84. The maximum Gasteiger partial charge on any atom is 0.165 e. The summed E-state index contributed by atoms with van der Waals surface area (Å²) >= 11 is 5.91. The number of halogens is 1. The van der Waals surface area contributed by atoms with E-state index in [-0.39, 0.29) is 5.75 Å². The van der Waals surface area contributed by atoms with Crippen molar-refractivity contribution in [1.82, 2.24) is 0 Å². The molecular formula is C16H14ClNO2. The molecule has 0 aliphatic carbocycles. The van der Waals surface area contributed by atoms with Crippen molar-refractivity contribution < 1.29 is 9.94 Å². The Morgan fingerprint density at radius 1 is 1.15 bits per heavy atom. The number of phenols is 1. The smallest absolute Gasteiger partial charge is 0.165 e. The Balaban J connectivity index is 1.88. The van der Waals surface area contributed by atoms with E-state index in [0.29, 0.717) is 17.0 Å². The Hall–Kier alpha value is -2.00. The zero-order chi connectivity index (χ0) is 14.2. The summed E-state index contributed by atoms with van der Waals surface area (Å²) in [7, 11) is 0. The summed E-state index contributed by atoms with van der Waals surface area (Å²) in [5.41, 5.74) is 1.95. The van der Waals surface area contributed by atoms with Gasteiger partial charge in [-0.25, -0.2) is 0 Å². The van der Waals surface area contributed by atoms with Gasteiger partial charge in [-0.3, -0.25) is 0 Å². The van der Waals surface area contributed by atoms with Gasteiger partial charge in [0.05, 0.1) is 5.71 Å². The Morgan fingerprint density at radius 2 is 1.85 bits per heavy atom. The van der Waals surface area contributed by atoms with E-state index in [9.17, 15) is 5.11 Å². The van der Waals surface area contributed by atoms with Crippen molar-refractivity contribution in [1.29, 1.82) is 0 Å². The lowest BCUT2D eigenvalue weighted by Gasteiger charge is -2.21. The molecule has 2 aromatic carbocycles. The first-order valence-corrected chi connectivity index (χ1v) is 6.76. The molecule has 1 unspecified atom stereocenters. The third-order valence-electron chi connectivity index (χ3n) is 3.53. The summed E-state index contributed by atoms with van der Waals surface area (Å²) in [5, 5.41) is 14.7. The maximum atomic E-state index is 9.89. The SMILES string of the molecule is CC1(c2ccc(Cl)cc2)CC(c2ccccc2O)=NO1. The summed E-state index contributed by atoms with van der Waals surface area (Å²) < 4.78 is 0. The molecule has 0 bridgehead atoms. The van der Waals surface area contributed by atoms with Crippen molar-refractivity contribution >= 4 is 17.3 Å². The van der Waals surface area contributed by atoms with E-state index in [1.807, 2.05) is 43.3 Å². The lowest BCUT2D eigenvalue weighted by Crippen LogP contribution is -2.21. The summed E-state index contributed by atoms with van der Waals surface area (Å²) in [6.07, 6.45) is 0.603. The average molecular weight is 288 g/mol. The van der Waals surface area contributed by atoms with Crippen LogP contribution in [0.4, 0.5) is 0 Å². The molecular weight excluding hydrogens is 274 g/mol. The number of aromatic hydroxyl groups is 1. The molecule has 1 N–H and O–H groups in total. The zero-order valence-corrected chi connectivity index (χ0v) is 11.8. The first kappa shape index (κ1) is 13.0. The van der Waals surface area contributed by atoms with Gasteiger partial charge in [0.2, 0.25) is 0 Å². The number of phenolic OH excluding ortho intramolecular Hbond substituents is 1. The number of para-hydroxylation sites is 1. The quantitative estimate of drug-likeness (QED) is 0.904. The van der Waals surface area contributed by atoms with Crippen LogP contribution in [0, 0.1) is 0 Å². The molecule has 3 nitrogen and oxygen atoms in total. The molecule has 2 aromatic rings. The van der Waals surface area contributed by atoms with Crippen LogP contribution in [-0.4, -0.2) is 10.8 Å². The first-order chi connectivity index (χ1) is 9.58. The van der Waals surface area contributed by atoms with Gasteiger partial charge in [-0.2, -0.15) is 0 Å². The Kier molecular flexibility index (Phi) is 3.14. The first-order valence-electron chi connectivity index (χ1n) is 6.38. The maximum absolute atomic E-state index is 9.89. The van der Waals surface area contributed by atoms with E-state index in [0.717, 1.165) is 11.3 Å². The molecule has 20 heavy (non-hydrogen) atoms. The molecule has 0 radical (unpaired) electrons. The van der Waals surface area contributed by atoms with Crippen molar-refractivity contribution in [3.05, 3.63) is 64.7 Å². The minimum atomic E-state index is -0.526.